The van der Waals surface area contributed by atoms with Crippen LogP contribution in [0.2, 0.25) is 0 Å². The third-order valence-corrected chi connectivity index (χ3v) is 3.70. The summed E-state index contributed by atoms with van der Waals surface area (Å²) in [4.78, 5) is 16.3. The molecule has 0 saturated heterocycles. The van der Waals surface area contributed by atoms with E-state index in [1.807, 2.05) is 12.1 Å². The molecule has 1 aromatic heterocycles. The average Bonchev–Trinajstić information content (AvgIpc) is 2.54. The van der Waals surface area contributed by atoms with Gasteiger partial charge in [0.1, 0.15) is 5.82 Å². The number of nitrogens with one attached hydrogen (secondary N) is 2. The van der Waals surface area contributed by atoms with Crippen molar-refractivity contribution in [2.75, 3.05) is 18.4 Å². The molecule has 1 aliphatic rings. The number of hydrogen-bond donors (Lipinski definition) is 2. The molecule has 1 amide bonds. The number of aromatic nitrogens is 1. The monoisotopic (exact) mass is 287 g/mol. The van der Waals surface area contributed by atoms with Crippen molar-refractivity contribution >= 4 is 11.7 Å². The average molecular weight is 287 g/mol. The van der Waals surface area contributed by atoms with Gasteiger partial charge in [-0.15, -0.1) is 0 Å². The Bertz CT molecular complexity index is 479. The van der Waals surface area contributed by atoms with Crippen LogP contribution in [0.4, 0.5) is 5.82 Å². The van der Waals surface area contributed by atoms with E-state index >= 15 is 0 Å². The first kappa shape index (κ1) is 15.5. The van der Waals surface area contributed by atoms with Gasteiger partial charge in [0.2, 0.25) is 0 Å². The van der Waals surface area contributed by atoms with Crippen molar-refractivity contribution in [1.29, 1.82) is 0 Å². The first-order valence-corrected chi connectivity index (χ1v) is 7.95. The van der Waals surface area contributed by atoms with E-state index < -0.39 is 0 Å². The third kappa shape index (κ3) is 5.21. The minimum absolute atomic E-state index is 0.0408. The first-order valence-electron chi connectivity index (χ1n) is 7.95. The zero-order valence-electron chi connectivity index (χ0n) is 12.8. The van der Waals surface area contributed by atoms with Crippen LogP contribution in [0.5, 0.6) is 0 Å². The molecule has 0 atom stereocenters. The highest BCUT2D eigenvalue weighted by Gasteiger charge is 2.07. The van der Waals surface area contributed by atoms with E-state index in [0.29, 0.717) is 12.1 Å². The molecule has 2 rings (SSSR count). The van der Waals surface area contributed by atoms with E-state index in [9.17, 15) is 4.79 Å². The second kappa shape index (κ2) is 8.45. The van der Waals surface area contributed by atoms with Gasteiger partial charge in [-0.2, -0.15) is 0 Å². The van der Waals surface area contributed by atoms with Crippen molar-refractivity contribution in [3.8, 4) is 0 Å². The Kier molecular flexibility index (Phi) is 6.25. The van der Waals surface area contributed by atoms with E-state index in [-0.39, 0.29) is 5.91 Å². The van der Waals surface area contributed by atoms with Gasteiger partial charge in [0.05, 0.1) is 5.56 Å². The van der Waals surface area contributed by atoms with Crippen LogP contribution in [0.25, 0.3) is 0 Å². The van der Waals surface area contributed by atoms with Gasteiger partial charge >= 0.3 is 0 Å². The third-order valence-electron chi connectivity index (χ3n) is 3.70. The summed E-state index contributed by atoms with van der Waals surface area (Å²) in [7, 11) is 0. The number of amides is 1. The summed E-state index contributed by atoms with van der Waals surface area (Å²) >= 11 is 0. The minimum Gasteiger partial charge on any atom is -0.370 e. The van der Waals surface area contributed by atoms with Crippen LogP contribution >= 0.6 is 0 Å². The summed E-state index contributed by atoms with van der Waals surface area (Å²) in [5, 5.41) is 6.17. The molecule has 0 unspecified atom stereocenters. The van der Waals surface area contributed by atoms with E-state index in [4.69, 9.17) is 0 Å². The number of nitrogens with zero attached hydrogens (tertiary/aromatic N) is 1. The van der Waals surface area contributed by atoms with Gasteiger partial charge in [-0.05, 0) is 50.7 Å². The molecule has 0 radical (unpaired) electrons. The lowest BCUT2D eigenvalue weighted by Crippen LogP contribution is -2.25. The maximum absolute atomic E-state index is 12.0. The predicted octanol–water partition coefficient (Wildman–Crippen LogP) is 3.52. The molecule has 1 heterocycles. The summed E-state index contributed by atoms with van der Waals surface area (Å²) in [6.45, 7) is 3.71. The van der Waals surface area contributed by atoms with Crippen LogP contribution < -0.4 is 10.6 Å². The maximum Gasteiger partial charge on any atom is 0.252 e. The van der Waals surface area contributed by atoms with Crippen LogP contribution in [-0.2, 0) is 0 Å². The fraction of sp³-hybridized carbons (Fsp3) is 0.529. The predicted molar refractivity (Wildman–Crippen MR) is 86.5 cm³/mol. The number of hydrogen-bond acceptors (Lipinski definition) is 3. The Morgan fingerprint density at radius 3 is 2.86 bits per heavy atom. The van der Waals surface area contributed by atoms with Gasteiger partial charge in [0.15, 0.2) is 0 Å². The second-order valence-corrected chi connectivity index (χ2v) is 5.47. The van der Waals surface area contributed by atoms with Crippen molar-refractivity contribution in [2.45, 2.75) is 45.4 Å². The van der Waals surface area contributed by atoms with Crippen molar-refractivity contribution in [3.05, 3.63) is 35.5 Å². The van der Waals surface area contributed by atoms with E-state index in [1.165, 1.54) is 31.3 Å². The lowest BCUT2D eigenvalue weighted by atomic mass is 9.97. The molecular weight excluding hydrogens is 262 g/mol. The van der Waals surface area contributed by atoms with Crippen LogP contribution in [0, 0.1) is 0 Å². The molecule has 114 valence electrons. The van der Waals surface area contributed by atoms with Crippen molar-refractivity contribution < 1.29 is 4.79 Å². The van der Waals surface area contributed by atoms with Crippen LogP contribution in [0.3, 0.4) is 0 Å². The number of rotatable bonds is 7. The molecule has 1 aliphatic carbocycles. The molecule has 0 spiro atoms. The molecule has 0 aromatic carbocycles. The van der Waals surface area contributed by atoms with E-state index in [0.717, 1.165) is 25.2 Å². The van der Waals surface area contributed by atoms with E-state index in [2.05, 4.69) is 28.6 Å². The van der Waals surface area contributed by atoms with Gasteiger partial charge in [-0.3, -0.25) is 4.79 Å². The molecule has 0 saturated carbocycles. The molecule has 0 fully saturated rings. The fourth-order valence-corrected chi connectivity index (χ4v) is 2.46. The van der Waals surface area contributed by atoms with Crippen molar-refractivity contribution in [3.63, 3.8) is 0 Å². The highest BCUT2D eigenvalue weighted by Crippen LogP contribution is 2.19. The van der Waals surface area contributed by atoms with Crippen LogP contribution in [0.15, 0.2) is 30.0 Å². The number of carbonyl (C=O) groups is 1. The van der Waals surface area contributed by atoms with Gasteiger partial charge in [0.25, 0.3) is 5.91 Å². The Hall–Kier alpha value is -1.84. The largest absolute Gasteiger partial charge is 0.370 e. The lowest BCUT2D eigenvalue weighted by molar-refractivity contribution is 0.0953. The summed E-state index contributed by atoms with van der Waals surface area (Å²) < 4.78 is 0. The molecule has 4 heteroatoms. The lowest BCUT2D eigenvalue weighted by Gasteiger charge is -2.13. The number of allylic oxidation sites excluding steroid dienone is 1. The minimum atomic E-state index is -0.0408. The molecule has 4 nitrogen and oxygen atoms in total. The van der Waals surface area contributed by atoms with Crippen LogP contribution in [0.1, 0.15) is 55.8 Å². The van der Waals surface area contributed by atoms with Gasteiger partial charge in [-0.1, -0.05) is 18.6 Å². The number of pyridine rings is 1. The quantitative estimate of drug-likeness (QED) is 0.754. The Morgan fingerprint density at radius 1 is 1.29 bits per heavy atom. The number of anilines is 1. The fourth-order valence-electron chi connectivity index (χ4n) is 2.46. The van der Waals surface area contributed by atoms with E-state index in [1.54, 1.807) is 6.20 Å². The van der Waals surface area contributed by atoms with Crippen molar-refractivity contribution in [2.24, 2.45) is 0 Å². The normalized spacial score (nSPS) is 14.4. The molecule has 1 aromatic rings. The Morgan fingerprint density at radius 2 is 2.19 bits per heavy atom. The summed E-state index contributed by atoms with van der Waals surface area (Å²) in [5.41, 5.74) is 2.11. The zero-order valence-corrected chi connectivity index (χ0v) is 12.8. The standard InChI is InChI=1S/C17H25N3O/c1-2-11-18-16-9-8-15(13-20-16)17(21)19-12-10-14-6-4-3-5-7-14/h6,8-9,13H,2-5,7,10-12H2,1H3,(H,18,20)(H,19,21). The molecular formula is C17H25N3O. The van der Waals surface area contributed by atoms with Gasteiger partial charge in [-0.25, -0.2) is 4.98 Å². The molecule has 0 bridgehead atoms. The highest BCUT2D eigenvalue weighted by molar-refractivity contribution is 5.94. The maximum atomic E-state index is 12.0. The highest BCUT2D eigenvalue weighted by atomic mass is 16.1. The molecule has 2 N–H and O–H groups in total. The van der Waals surface area contributed by atoms with Crippen molar-refractivity contribution in [1.82, 2.24) is 10.3 Å². The molecule has 0 aliphatic heterocycles. The molecule has 21 heavy (non-hydrogen) atoms. The SMILES string of the molecule is CCCNc1ccc(C(=O)NCCC2=CCCCC2)cn1. The van der Waals surface area contributed by atoms with Crippen LogP contribution in [-0.4, -0.2) is 24.0 Å². The summed E-state index contributed by atoms with van der Waals surface area (Å²) in [5.74, 6) is 0.779. The summed E-state index contributed by atoms with van der Waals surface area (Å²) in [6.07, 6.45) is 11.0. The first-order chi connectivity index (χ1) is 10.3. The zero-order chi connectivity index (χ0) is 14.9. The smallest absolute Gasteiger partial charge is 0.252 e. The summed E-state index contributed by atoms with van der Waals surface area (Å²) in [6, 6.07) is 3.68. The van der Waals surface area contributed by atoms with Gasteiger partial charge in [0, 0.05) is 19.3 Å². The Labute approximate surface area is 127 Å². The van der Waals surface area contributed by atoms with Gasteiger partial charge < -0.3 is 10.6 Å². The topological polar surface area (TPSA) is 54.0 Å². The second-order valence-electron chi connectivity index (χ2n) is 5.47. The number of carbonyl (C=O) groups excluding carboxylic acids is 1. The Balaban J connectivity index is 1.76.